The lowest BCUT2D eigenvalue weighted by atomic mass is 10.2. The molecule has 1 aromatic carbocycles. The number of hydrogen-bond acceptors (Lipinski definition) is 3. The molecule has 94 valence electrons. The lowest BCUT2D eigenvalue weighted by Crippen LogP contribution is -2.16. The van der Waals surface area contributed by atoms with Gasteiger partial charge in [0, 0.05) is 6.20 Å². The van der Waals surface area contributed by atoms with Gasteiger partial charge in [0.05, 0.1) is 17.3 Å². The number of carboxylic acid groups (broad SMARTS) is 1. The van der Waals surface area contributed by atoms with Crippen LogP contribution >= 0.6 is 0 Å². The Hall–Kier alpha value is -2.69. The van der Waals surface area contributed by atoms with Gasteiger partial charge in [-0.15, -0.1) is 0 Å². The molecule has 0 saturated carbocycles. The lowest BCUT2D eigenvalue weighted by Gasteiger charge is -2.05. The molecule has 0 spiro atoms. The van der Waals surface area contributed by atoms with Crippen LogP contribution in [0.4, 0.5) is 0 Å². The van der Waals surface area contributed by atoms with Gasteiger partial charge in [0.1, 0.15) is 5.65 Å². The SMILES string of the molecule is O=C(O)Cc1ccc2nc3ccccc3c(=O)n2c1. The molecule has 19 heavy (non-hydrogen) atoms. The number of fused-ring (bicyclic) bond motifs is 2. The van der Waals surface area contributed by atoms with Crippen molar-refractivity contribution >= 4 is 22.5 Å². The molecule has 0 aliphatic carbocycles. The minimum absolute atomic E-state index is 0.116. The van der Waals surface area contributed by atoms with E-state index in [2.05, 4.69) is 4.98 Å². The Morgan fingerprint density at radius 2 is 2.00 bits per heavy atom. The van der Waals surface area contributed by atoms with Crippen molar-refractivity contribution < 1.29 is 9.90 Å². The molecule has 1 N–H and O–H groups in total. The van der Waals surface area contributed by atoms with Crippen LogP contribution in [0.5, 0.6) is 0 Å². The van der Waals surface area contributed by atoms with Crippen LogP contribution in [0.15, 0.2) is 47.4 Å². The van der Waals surface area contributed by atoms with Crippen molar-refractivity contribution in [3.05, 3.63) is 58.5 Å². The number of carbonyl (C=O) groups is 1. The summed E-state index contributed by atoms with van der Waals surface area (Å²) in [5, 5.41) is 9.30. The normalized spacial score (nSPS) is 10.9. The average Bonchev–Trinajstić information content (AvgIpc) is 2.39. The molecule has 5 nitrogen and oxygen atoms in total. The zero-order valence-electron chi connectivity index (χ0n) is 9.91. The Bertz CT molecular complexity index is 852. The largest absolute Gasteiger partial charge is 0.481 e. The molecule has 3 rings (SSSR count). The summed E-state index contributed by atoms with van der Waals surface area (Å²) in [7, 11) is 0. The van der Waals surface area contributed by atoms with Crippen molar-refractivity contribution in [2.24, 2.45) is 0 Å². The van der Waals surface area contributed by atoms with Gasteiger partial charge < -0.3 is 5.11 Å². The number of para-hydroxylation sites is 1. The summed E-state index contributed by atoms with van der Waals surface area (Å²) in [6, 6.07) is 10.4. The molecule has 0 atom stereocenters. The highest BCUT2D eigenvalue weighted by Crippen LogP contribution is 2.10. The number of carboxylic acids is 1. The fourth-order valence-electron chi connectivity index (χ4n) is 2.08. The molecule has 0 amide bonds. The number of rotatable bonds is 2. The Kier molecular flexibility index (Phi) is 2.52. The Morgan fingerprint density at radius 3 is 2.79 bits per heavy atom. The summed E-state index contributed by atoms with van der Waals surface area (Å²) in [5.41, 5.74) is 1.53. The highest BCUT2D eigenvalue weighted by atomic mass is 16.4. The van der Waals surface area contributed by atoms with Crippen LogP contribution in [-0.2, 0) is 11.2 Å². The van der Waals surface area contributed by atoms with Crippen molar-refractivity contribution in [1.29, 1.82) is 0 Å². The second-order valence-electron chi connectivity index (χ2n) is 4.27. The standard InChI is InChI=1S/C14H10N2O3/c17-13(18)7-9-5-6-12-15-11-4-2-1-3-10(11)14(19)16(12)8-9/h1-6,8H,7H2,(H,17,18). The first-order valence-electron chi connectivity index (χ1n) is 5.77. The molecule has 0 unspecified atom stereocenters. The van der Waals surface area contributed by atoms with Gasteiger partial charge in [-0.1, -0.05) is 18.2 Å². The molecule has 3 aromatic rings. The smallest absolute Gasteiger partial charge is 0.307 e. The third kappa shape index (κ3) is 1.95. The maximum Gasteiger partial charge on any atom is 0.307 e. The zero-order valence-corrected chi connectivity index (χ0v) is 9.91. The molecule has 0 bridgehead atoms. The van der Waals surface area contributed by atoms with E-state index in [0.29, 0.717) is 22.1 Å². The van der Waals surface area contributed by atoms with Crippen LogP contribution in [0, 0.1) is 0 Å². The van der Waals surface area contributed by atoms with Crippen molar-refractivity contribution in [3.63, 3.8) is 0 Å². The second kappa shape index (κ2) is 4.20. The zero-order chi connectivity index (χ0) is 13.4. The first kappa shape index (κ1) is 11.4. The van der Waals surface area contributed by atoms with Crippen molar-refractivity contribution in [3.8, 4) is 0 Å². The van der Waals surface area contributed by atoms with Crippen molar-refractivity contribution in [2.45, 2.75) is 6.42 Å². The number of pyridine rings is 1. The van der Waals surface area contributed by atoms with E-state index >= 15 is 0 Å². The first-order valence-corrected chi connectivity index (χ1v) is 5.77. The van der Waals surface area contributed by atoms with E-state index in [4.69, 9.17) is 5.11 Å². The summed E-state index contributed by atoms with van der Waals surface area (Å²) >= 11 is 0. The molecular formula is C14H10N2O3. The molecular weight excluding hydrogens is 244 g/mol. The minimum Gasteiger partial charge on any atom is -0.481 e. The number of benzene rings is 1. The fraction of sp³-hybridized carbons (Fsp3) is 0.0714. The summed E-state index contributed by atoms with van der Waals surface area (Å²) in [6.07, 6.45) is 1.42. The summed E-state index contributed by atoms with van der Waals surface area (Å²) < 4.78 is 1.39. The number of hydrogen-bond donors (Lipinski definition) is 1. The predicted molar refractivity (Wildman–Crippen MR) is 70.3 cm³/mol. The minimum atomic E-state index is -0.929. The van der Waals surface area contributed by atoms with Gasteiger partial charge in [-0.3, -0.25) is 14.0 Å². The third-order valence-electron chi connectivity index (χ3n) is 2.93. The molecule has 0 aliphatic rings. The van der Waals surface area contributed by atoms with Crippen LogP contribution < -0.4 is 5.56 Å². The van der Waals surface area contributed by atoms with E-state index in [-0.39, 0.29) is 12.0 Å². The van der Waals surface area contributed by atoms with E-state index in [1.165, 1.54) is 10.6 Å². The summed E-state index contributed by atoms with van der Waals surface area (Å²) in [4.78, 5) is 27.4. The van der Waals surface area contributed by atoms with E-state index in [1.54, 1.807) is 30.3 Å². The highest BCUT2D eigenvalue weighted by molar-refractivity contribution is 5.79. The fourth-order valence-corrected chi connectivity index (χ4v) is 2.08. The van der Waals surface area contributed by atoms with Gasteiger partial charge in [0.15, 0.2) is 0 Å². The Morgan fingerprint density at radius 1 is 1.21 bits per heavy atom. The van der Waals surface area contributed by atoms with Gasteiger partial charge in [-0.25, -0.2) is 4.98 Å². The molecule has 2 heterocycles. The summed E-state index contributed by atoms with van der Waals surface area (Å²) in [5.74, 6) is -0.929. The third-order valence-corrected chi connectivity index (χ3v) is 2.93. The number of aliphatic carboxylic acids is 1. The quantitative estimate of drug-likeness (QED) is 0.703. The molecule has 0 radical (unpaired) electrons. The van der Waals surface area contributed by atoms with Gasteiger partial charge in [0.2, 0.25) is 0 Å². The maximum atomic E-state index is 12.3. The maximum absolute atomic E-state index is 12.3. The predicted octanol–water partition coefficient (Wildman–Crippen LogP) is 1.47. The van der Waals surface area contributed by atoms with Crippen LogP contribution in [0.25, 0.3) is 16.6 Å². The van der Waals surface area contributed by atoms with Crippen LogP contribution in [0.2, 0.25) is 0 Å². The van der Waals surface area contributed by atoms with Crippen LogP contribution in [-0.4, -0.2) is 20.5 Å². The Balaban J connectivity index is 2.33. The molecule has 2 aromatic heterocycles. The first-order chi connectivity index (χ1) is 9.15. The topological polar surface area (TPSA) is 71.7 Å². The van der Waals surface area contributed by atoms with Gasteiger partial charge in [-0.2, -0.15) is 0 Å². The number of aromatic nitrogens is 2. The van der Waals surface area contributed by atoms with Crippen LogP contribution in [0.1, 0.15) is 5.56 Å². The Labute approximate surface area is 107 Å². The molecule has 0 aliphatic heterocycles. The summed E-state index contributed by atoms with van der Waals surface area (Å²) in [6.45, 7) is 0. The second-order valence-corrected chi connectivity index (χ2v) is 4.27. The van der Waals surface area contributed by atoms with Crippen molar-refractivity contribution in [1.82, 2.24) is 9.38 Å². The van der Waals surface area contributed by atoms with Gasteiger partial charge >= 0.3 is 5.97 Å². The molecule has 0 saturated heterocycles. The van der Waals surface area contributed by atoms with Crippen LogP contribution in [0.3, 0.4) is 0 Å². The number of nitrogens with zero attached hydrogens (tertiary/aromatic N) is 2. The molecule has 5 heteroatoms. The monoisotopic (exact) mass is 254 g/mol. The van der Waals surface area contributed by atoms with E-state index in [1.807, 2.05) is 6.07 Å². The average molecular weight is 254 g/mol. The van der Waals surface area contributed by atoms with Crippen molar-refractivity contribution in [2.75, 3.05) is 0 Å². The van der Waals surface area contributed by atoms with Gasteiger partial charge in [-0.05, 0) is 23.8 Å². The lowest BCUT2D eigenvalue weighted by molar-refractivity contribution is -0.136. The molecule has 0 fully saturated rings. The van der Waals surface area contributed by atoms with Gasteiger partial charge in [0.25, 0.3) is 5.56 Å². The van der Waals surface area contributed by atoms with E-state index < -0.39 is 5.97 Å². The highest BCUT2D eigenvalue weighted by Gasteiger charge is 2.07. The van der Waals surface area contributed by atoms with E-state index in [0.717, 1.165) is 0 Å². The van der Waals surface area contributed by atoms with E-state index in [9.17, 15) is 9.59 Å².